The third-order valence-corrected chi connectivity index (χ3v) is 3.92. The average Bonchev–Trinajstić information content (AvgIpc) is 2.28. The van der Waals surface area contributed by atoms with E-state index in [1.54, 1.807) is 0 Å². The second-order valence-electron chi connectivity index (χ2n) is 5.16. The van der Waals surface area contributed by atoms with Gasteiger partial charge in [-0.05, 0) is 36.7 Å². The third-order valence-electron chi connectivity index (χ3n) is 3.92. The van der Waals surface area contributed by atoms with Gasteiger partial charge in [0.2, 0.25) is 0 Å². The summed E-state index contributed by atoms with van der Waals surface area (Å²) >= 11 is 0. The lowest BCUT2D eigenvalue weighted by Gasteiger charge is -2.28. The largest absolute Gasteiger partial charge is 0.393 e. The van der Waals surface area contributed by atoms with E-state index in [2.05, 4.69) is 37.3 Å². The Morgan fingerprint density at radius 2 is 1.75 bits per heavy atom. The number of hydrogen-bond donors (Lipinski definition) is 1. The van der Waals surface area contributed by atoms with Crippen molar-refractivity contribution >= 4 is 0 Å². The zero-order valence-electron chi connectivity index (χ0n) is 10.1. The van der Waals surface area contributed by atoms with E-state index in [1.165, 1.54) is 18.4 Å². The van der Waals surface area contributed by atoms with Crippen LogP contribution in [0.4, 0.5) is 0 Å². The summed E-state index contributed by atoms with van der Waals surface area (Å²) in [7, 11) is 0. The number of benzene rings is 1. The molecule has 1 aromatic carbocycles. The first-order chi connectivity index (χ1) is 7.77. The number of aliphatic hydroxyl groups is 1. The second-order valence-corrected chi connectivity index (χ2v) is 5.16. The molecule has 1 N–H and O–H groups in total. The van der Waals surface area contributed by atoms with Crippen molar-refractivity contribution in [2.75, 3.05) is 0 Å². The average molecular weight is 218 g/mol. The molecule has 1 aliphatic carbocycles. The van der Waals surface area contributed by atoms with E-state index in [0.717, 1.165) is 25.2 Å². The van der Waals surface area contributed by atoms with Gasteiger partial charge in [0.1, 0.15) is 0 Å². The fourth-order valence-corrected chi connectivity index (χ4v) is 2.87. The summed E-state index contributed by atoms with van der Waals surface area (Å²) in [5.41, 5.74) is 1.45. The Bertz CT molecular complexity index is 306. The molecule has 16 heavy (non-hydrogen) atoms. The summed E-state index contributed by atoms with van der Waals surface area (Å²) in [5.74, 6) is 1.38. The SMILES string of the molecule is CC1CCCC(O)CCC1c1ccccc1. The molecule has 0 spiro atoms. The molecule has 0 radical (unpaired) electrons. The molecule has 88 valence electrons. The van der Waals surface area contributed by atoms with Gasteiger partial charge in [-0.25, -0.2) is 0 Å². The van der Waals surface area contributed by atoms with Crippen molar-refractivity contribution in [3.63, 3.8) is 0 Å². The molecule has 0 saturated heterocycles. The van der Waals surface area contributed by atoms with Crippen LogP contribution in [0.2, 0.25) is 0 Å². The predicted molar refractivity (Wildman–Crippen MR) is 67.4 cm³/mol. The highest BCUT2D eigenvalue weighted by Gasteiger charge is 2.22. The molecule has 1 aliphatic rings. The summed E-state index contributed by atoms with van der Waals surface area (Å²) in [6, 6.07) is 10.8. The van der Waals surface area contributed by atoms with Crippen molar-refractivity contribution in [3.8, 4) is 0 Å². The molecule has 0 aliphatic heterocycles. The first-order valence-electron chi connectivity index (χ1n) is 6.50. The number of hydrogen-bond acceptors (Lipinski definition) is 1. The maximum atomic E-state index is 9.77. The lowest BCUT2D eigenvalue weighted by Crippen LogP contribution is -2.18. The molecule has 1 aromatic rings. The Morgan fingerprint density at radius 3 is 2.50 bits per heavy atom. The highest BCUT2D eigenvalue weighted by molar-refractivity contribution is 5.20. The number of rotatable bonds is 1. The fraction of sp³-hybridized carbons (Fsp3) is 0.600. The maximum absolute atomic E-state index is 9.77. The van der Waals surface area contributed by atoms with E-state index < -0.39 is 0 Å². The van der Waals surface area contributed by atoms with Gasteiger partial charge in [0.15, 0.2) is 0 Å². The quantitative estimate of drug-likeness (QED) is 0.761. The molecule has 1 nitrogen and oxygen atoms in total. The standard InChI is InChI=1S/C15H22O/c1-12-6-5-9-14(16)10-11-15(12)13-7-3-2-4-8-13/h2-4,7-8,12,14-16H,5-6,9-11H2,1H3. The smallest absolute Gasteiger partial charge is 0.0540 e. The van der Waals surface area contributed by atoms with Crippen LogP contribution in [0.5, 0.6) is 0 Å². The normalized spacial score (nSPS) is 31.8. The van der Waals surface area contributed by atoms with Crippen molar-refractivity contribution < 1.29 is 5.11 Å². The van der Waals surface area contributed by atoms with Gasteiger partial charge >= 0.3 is 0 Å². The van der Waals surface area contributed by atoms with Gasteiger partial charge in [0.05, 0.1) is 6.10 Å². The van der Waals surface area contributed by atoms with Gasteiger partial charge in [-0.1, -0.05) is 50.1 Å². The summed E-state index contributed by atoms with van der Waals surface area (Å²) in [6.45, 7) is 2.36. The molecule has 1 fully saturated rings. The Morgan fingerprint density at radius 1 is 1.00 bits per heavy atom. The molecule has 3 unspecified atom stereocenters. The van der Waals surface area contributed by atoms with E-state index in [0.29, 0.717) is 5.92 Å². The molecule has 2 rings (SSSR count). The van der Waals surface area contributed by atoms with Gasteiger partial charge in [-0.15, -0.1) is 0 Å². The molecule has 0 aromatic heterocycles. The highest BCUT2D eigenvalue weighted by Crippen LogP contribution is 2.35. The summed E-state index contributed by atoms with van der Waals surface area (Å²) in [6.07, 6.45) is 5.43. The topological polar surface area (TPSA) is 20.2 Å². The Labute approximate surface area is 98.5 Å². The summed E-state index contributed by atoms with van der Waals surface area (Å²) in [4.78, 5) is 0. The van der Waals surface area contributed by atoms with Crippen LogP contribution in [-0.4, -0.2) is 11.2 Å². The second kappa shape index (κ2) is 5.49. The van der Waals surface area contributed by atoms with E-state index in [-0.39, 0.29) is 6.10 Å². The Hall–Kier alpha value is -0.820. The van der Waals surface area contributed by atoms with Crippen LogP contribution in [0.3, 0.4) is 0 Å². The van der Waals surface area contributed by atoms with Crippen molar-refractivity contribution in [2.45, 2.75) is 51.0 Å². The van der Waals surface area contributed by atoms with Crippen LogP contribution >= 0.6 is 0 Å². The molecule has 0 heterocycles. The minimum absolute atomic E-state index is 0.0706. The van der Waals surface area contributed by atoms with E-state index >= 15 is 0 Å². The van der Waals surface area contributed by atoms with Crippen LogP contribution in [0, 0.1) is 5.92 Å². The fourth-order valence-electron chi connectivity index (χ4n) is 2.87. The molecule has 1 saturated carbocycles. The van der Waals surface area contributed by atoms with Gasteiger partial charge in [0, 0.05) is 0 Å². The third kappa shape index (κ3) is 2.85. The number of aliphatic hydroxyl groups excluding tert-OH is 1. The summed E-state index contributed by atoms with van der Waals surface area (Å²) in [5, 5.41) is 9.77. The van der Waals surface area contributed by atoms with Gasteiger partial charge in [-0.3, -0.25) is 0 Å². The van der Waals surface area contributed by atoms with Crippen molar-refractivity contribution in [1.82, 2.24) is 0 Å². The van der Waals surface area contributed by atoms with E-state index in [1.807, 2.05) is 0 Å². The molecule has 0 bridgehead atoms. The predicted octanol–water partition coefficient (Wildman–Crippen LogP) is 3.73. The van der Waals surface area contributed by atoms with Crippen LogP contribution in [-0.2, 0) is 0 Å². The highest BCUT2D eigenvalue weighted by atomic mass is 16.3. The summed E-state index contributed by atoms with van der Waals surface area (Å²) < 4.78 is 0. The van der Waals surface area contributed by atoms with E-state index in [4.69, 9.17) is 0 Å². The van der Waals surface area contributed by atoms with Gasteiger partial charge < -0.3 is 5.11 Å². The molecular formula is C15H22O. The minimum atomic E-state index is -0.0706. The van der Waals surface area contributed by atoms with Crippen LogP contribution < -0.4 is 0 Å². The van der Waals surface area contributed by atoms with Crippen molar-refractivity contribution in [2.24, 2.45) is 5.92 Å². The van der Waals surface area contributed by atoms with E-state index in [9.17, 15) is 5.11 Å². The van der Waals surface area contributed by atoms with Gasteiger partial charge in [-0.2, -0.15) is 0 Å². The first kappa shape index (κ1) is 11.7. The van der Waals surface area contributed by atoms with Crippen LogP contribution in [0.1, 0.15) is 50.5 Å². The molecule has 0 amide bonds. The monoisotopic (exact) mass is 218 g/mol. The van der Waals surface area contributed by atoms with Crippen molar-refractivity contribution in [1.29, 1.82) is 0 Å². The van der Waals surface area contributed by atoms with Crippen LogP contribution in [0.25, 0.3) is 0 Å². The zero-order valence-corrected chi connectivity index (χ0v) is 10.1. The molecule has 1 heteroatoms. The zero-order chi connectivity index (χ0) is 11.4. The molecular weight excluding hydrogens is 196 g/mol. The Balaban J connectivity index is 2.11. The molecule has 3 atom stereocenters. The lowest BCUT2D eigenvalue weighted by atomic mass is 9.78. The Kier molecular flexibility index (Phi) is 4.00. The van der Waals surface area contributed by atoms with Gasteiger partial charge in [0.25, 0.3) is 0 Å². The van der Waals surface area contributed by atoms with Crippen molar-refractivity contribution in [3.05, 3.63) is 35.9 Å². The maximum Gasteiger partial charge on any atom is 0.0540 e. The lowest BCUT2D eigenvalue weighted by molar-refractivity contribution is 0.129. The minimum Gasteiger partial charge on any atom is -0.393 e. The first-order valence-corrected chi connectivity index (χ1v) is 6.50. The van der Waals surface area contributed by atoms with Crippen LogP contribution in [0.15, 0.2) is 30.3 Å².